The first-order chi connectivity index (χ1) is 16.2. The Morgan fingerprint density at radius 1 is 1.18 bits per heavy atom. The highest BCUT2D eigenvalue weighted by Gasteiger charge is 2.26. The molecule has 0 saturated carbocycles. The van der Waals surface area contributed by atoms with Crippen molar-refractivity contribution in [3.8, 4) is 17.6 Å². The second-order valence-corrected chi connectivity index (χ2v) is 8.97. The zero-order valence-electron chi connectivity index (χ0n) is 20.1. The Morgan fingerprint density at radius 2 is 1.88 bits per heavy atom. The van der Waals surface area contributed by atoms with Gasteiger partial charge < -0.3 is 19.1 Å². The molecule has 0 atom stereocenters. The molecule has 2 aromatic rings. The van der Waals surface area contributed by atoms with Crippen LogP contribution in [0.4, 0.5) is 15.3 Å². The topological polar surface area (TPSA) is 90.0 Å². The minimum atomic E-state index is -0.596. The number of carbonyl (C=O) groups excluding carboxylic acids is 2. The highest BCUT2D eigenvalue weighted by molar-refractivity contribution is 5.86. The molecule has 1 aromatic carbocycles. The van der Waals surface area contributed by atoms with E-state index in [0.29, 0.717) is 30.2 Å². The Morgan fingerprint density at radius 3 is 2.53 bits per heavy atom. The van der Waals surface area contributed by atoms with Gasteiger partial charge in [-0.1, -0.05) is 36.3 Å². The maximum atomic E-state index is 12.3. The summed E-state index contributed by atoms with van der Waals surface area (Å²) in [5.74, 6) is 6.87. The molecule has 34 heavy (non-hydrogen) atoms. The molecule has 0 bridgehead atoms. The zero-order chi connectivity index (χ0) is 24.6. The predicted molar refractivity (Wildman–Crippen MR) is 128 cm³/mol. The molecule has 1 aliphatic rings. The quantitative estimate of drug-likeness (QED) is 0.650. The average molecular weight is 466 g/mol. The van der Waals surface area contributed by atoms with Gasteiger partial charge >= 0.3 is 12.2 Å². The number of pyridine rings is 1. The van der Waals surface area contributed by atoms with E-state index in [-0.39, 0.29) is 18.6 Å². The van der Waals surface area contributed by atoms with Crippen LogP contribution in [-0.2, 0) is 16.1 Å². The summed E-state index contributed by atoms with van der Waals surface area (Å²) >= 11 is 0. The summed E-state index contributed by atoms with van der Waals surface area (Å²) in [5, 5.41) is 2.69. The molecule has 0 spiro atoms. The van der Waals surface area contributed by atoms with E-state index in [9.17, 15) is 9.59 Å². The lowest BCUT2D eigenvalue weighted by molar-refractivity contribution is 0.0199. The number of carbonyl (C=O) groups is 2. The third-order valence-electron chi connectivity index (χ3n) is 5.09. The summed E-state index contributed by atoms with van der Waals surface area (Å²) in [4.78, 5) is 30.5. The Bertz CT molecular complexity index is 1050. The molecule has 1 aliphatic heterocycles. The zero-order valence-corrected chi connectivity index (χ0v) is 20.1. The monoisotopic (exact) mass is 465 g/mol. The molecular weight excluding hydrogens is 434 g/mol. The Hall–Kier alpha value is -3.73. The minimum absolute atomic E-state index is 0.148. The number of ether oxygens (including phenoxy) is 3. The fourth-order valence-corrected chi connectivity index (χ4v) is 3.35. The van der Waals surface area contributed by atoms with Crippen LogP contribution in [0.5, 0.6) is 5.75 Å². The highest BCUT2D eigenvalue weighted by atomic mass is 16.6. The molecule has 1 N–H and O–H groups in total. The first-order valence-corrected chi connectivity index (χ1v) is 11.2. The Labute approximate surface area is 200 Å². The van der Waals surface area contributed by atoms with E-state index in [4.69, 9.17) is 14.2 Å². The van der Waals surface area contributed by atoms with Gasteiger partial charge in [-0.2, -0.15) is 0 Å². The van der Waals surface area contributed by atoms with Crippen molar-refractivity contribution in [1.29, 1.82) is 0 Å². The third kappa shape index (κ3) is 7.69. The number of anilines is 1. The maximum absolute atomic E-state index is 12.3. The van der Waals surface area contributed by atoms with Crippen LogP contribution in [-0.4, -0.2) is 47.9 Å². The number of hydrogen-bond donors (Lipinski definition) is 1. The third-order valence-corrected chi connectivity index (χ3v) is 5.09. The van der Waals surface area contributed by atoms with Crippen molar-refractivity contribution in [3.05, 3.63) is 53.9 Å². The van der Waals surface area contributed by atoms with Crippen molar-refractivity contribution in [2.24, 2.45) is 5.92 Å². The van der Waals surface area contributed by atoms with Crippen LogP contribution in [0.3, 0.4) is 0 Å². The summed E-state index contributed by atoms with van der Waals surface area (Å²) in [5.41, 5.74) is 1.32. The number of methoxy groups -OCH3 is 1. The first-order valence-electron chi connectivity index (χ1n) is 11.2. The molecule has 1 fully saturated rings. The van der Waals surface area contributed by atoms with Crippen molar-refractivity contribution in [1.82, 2.24) is 9.88 Å². The number of piperidine rings is 1. The van der Waals surface area contributed by atoms with E-state index >= 15 is 0 Å². The van der Waals surface area contributed by atoms with Gasteiger partial charge in [0.25, 0.3) is 0 Å². The second-order valence-electron chi connectivity index (χ2n) is 8.97. The molecule has 8 nitrogen and oxygen atoms in total. The minimum Gasteiger partial charge on any atom is -0.493 e. The lowest BCUT2D eigenvalue weighted by Crippen LogP contribution is -2.41. The van der Waals surface area contributed by atoms with Crippen LogP contribution in [0.25, 0.3) is 0 Å². The van der Waals surface area contributed by atoms with Gasteiger partial charge in [-0.25, -0.2) is 14.6 Å². The van der Waals surface area contributed by atoms with Gasteiger partial charge in [0, 0.05) is 19.0 Å². The summed E-state index contributed by atoms with van der Waals surface area (Å²) < 4.78 is 16.0. The van der Waals surface area contributed by atoms with Crippen molar-refractivity contribution in [2.45, 2.75) is 45.8 Å². The van der Waals surface area contributed by atoms with Gasteiger partial charge in [0.05, 0.1) is 19.0 Å². The number of aromatic nitrogens is 1. The van der Waals surface area contributed by atoms with Gasteiger partial charge in [0.2, 0.25) is 0 Å². The molecule has 0 aliphatic carbocycles. The number of likely N-dealkylation sites (tertiary alicyclic amines) is 1. The summed E-state index contributed by atoms with van der Waals surface area (Å²) in [7, 11) is 1.50. The fourth-order valence-electron chi connectivity index (χ4n) is 3.35. The number of hydrogen-bond acceptors (Lipinski definition) is 6. The number of rotatable bonds is 4. The van der Waals surface area contributed by atoms with Crippen LogP contribution >= 0.6 is 0 Å². The normalized spacial score (nSPS) is 13.9. The largest absolute Gasteiger partial charge is 0.493 e. The van der Waals surface area contributed by atoms with Crippen molar-refractivity contribution >= 4 is 17.9 Å². The van der Waals surface area contributed by atoms with E-state index in [0.717, 1.165) is 18.4 Å². The van der Waals surface area contributed by atoms with Crippen molar-refractivity contribution < 1.29 is 23.8 Å². The standard InChI is InChI=1S/C26H31N3O5/c1-26(2,3)34-25(31)29-14-12-19(13-15-29)10-11-21-16-22(23(32-4)17-27-21)28-24(30)33-18-20-8-6-5-7-9-20/h5-9,16-17,19H,12-15,18H2,1-4H3,(H,27,28,30). The van der Waals surface area contributed by atoms with E-state index in [1.54, 1.807) is 11.0 Å². The van der Waals surface area contributed by atoms with E-state index in [1.165, 1.54) is 13.3 Å². The van der Waals surface area contributed by atoms with Crippen molar-refractivity contribution in [2.75, 3.05) is 25.5 Å². The summed E-state index contributed by atoms with van der Waals surface area (Å²) in [6.07, 6.45) is 2.16. The van der Waals surface area contributed by atoms with Gasteiger partial charge in [0.1, 0.15) is 17.9 Å². The second kappa shape index (κ2) is 11.4. The van der Waals surface area contributed by atoms with E-state index in [2.05, 4.69) is 22.1 Å². The van der Waals surface area contributed by atoms with Crippen LogP contribution in [0.15, 0.2) is 42.6 Å². The molecule has 0 unspecified atom stereocenters. The molecule has 1 aromatic heterocycles. The molecule has 0 radical (unpaired) electrons. The van der Waals surface area contributed by atoms with Crippen LogP contribution in [0.1, 0.15) is 44.9 Å². The Kier molecular flexibility index (Phi) is 8.36. The smallest absolute Gasteiger partial charge is 0.412 e. The molecular formula is C26H31N3O5. The lowest BCUT2D eigenvalue weighted by atomic mass is 9.97. The van der Waals surface area contributed by atoms with Crippen LogP contribution in [0.2, 0.25) is 0 Å². The number of nitrogens with one attached hydrogen (secondary N) is 1. The number of benzene rings is 1. The molecule has 1 saturated heterocycles. The van der Waals surface area contributed by atoms with Crippen LogP contribution < -0.4 is 10.1 Å². The van der Waals surface area contributed by atoms with E-state index in [1.807, 2.05) is 51.1 Å². The summed E-state index contributed by atoms with van der Waals surface area (Å²) in [6.45, 7) is 6.94. The first kappa shape index (κ1) is 24.9. The molecule has 180 valence electrons. The molecule has 2 amide bonds. The van der Waals surface area contributed by atoms with Gasteiger partial charge in [-0.05, 0) is 51.2 Å². The van der Waals surface area contributed by atoms with Gasteiger partial charge in [0.15, 0.2) is 5.75 Å². The van der Waals surface area contributed by atoms with E-state index < -0.39 is 11.7 Å². The highest BCUT2D eigenvalue weighted by Crippen LogP contribution is 2.24. The van der Waals surface area contributed by atoms with Crippen molar-refractivity contribution in [3.63, 3.8) is 0 Å². The Balaban J connectivity index is 1.57. The number of nitrogens with zero attached hydrogens (tertiary/aromatic N) is 2. The molecule has 2 heterocycles. The summed E-state index contributed by atoms with van der Waals surface area (Å²) in [6, 6.07) is 11.1. The van der Waals surface area contributed by atoms with Crippen LogP contribution in [0, 0.1) is 17.8 Å². The average Bonchev–Trinajstić information content (AvgIpc) is 2.81. The van der Waals surface area contributed by atoms with Gasteiger partial charge in [-0.3, -0.25) is 5.32 Å². The molecule has 3 rings (SSSR count). The fraction of sp³-hybridized carbons (Fsp3) is 0.423. The SMILES string of the molecule is COc1cnc(C#CC2CCN(C(=O)OC(C)(C)C)CC2)cc1NC(=O)OCc1ccccc1. The number of amides is 2. The predicted octanol–water partition coefficient (Wildman–Crippen LogP) is 4.84. The molecule has 8 heteroatoms. The maximum Gasteiger partial charge on any atom is 0.412 e. The lowest BCUT2D eigenvalue weighted by Gasteiger charge is -2.31. The van der Waals surface area contributed by atoms with Gasteiger partial charge in [-0.15, -0.1) is 0 Å².